The Kier molecular flexibility index (Phi) is 2.58. The van der Waals surface area contributed by atoms with E-state index in [0.717, 1.165) is 0 Å². The van der Waals surface area contributed by atoms with E-state index < -0.39 is 71.7 Å². The van der Waals surface area contributed by atoms with Crippen LogP contribution < -0.4 is 0 Å². The normalized spacial score (nSPS) is 54.5. The zero-order valence-corrected chi connectivity index (χ0v) is 12.2. The Bertz CT molecular complexity index is 368. The highest BCUT2D eigenvalue weighted by molar-refractivity contribution is 9.09. The second kappa shape index (κ2) is 3.47. The van der Waals surface area contributed by atoms with E-state index >= 15 is 0 Å². The van der Waals surface area contributed by atoms with Gasteiger partial charge in [0.1, 0.15) is 17.0 Å². The number of hydrogen-bond donors (Lipinski definition) is 0. The number of alkyl halides is 6. The molecular formula is C13H16BrF5. The Morgan fingerprint density at radius 1 is 0.842 bits per heavy atom. The highest BCUT2D eigenvalue weighted by atomic mass is 79.9. The molecule has 4 aliphatic carbocycles. The molecule has 0 unspecified atom stereocenters. The zero-order chi connectivity index (χ0) is 14.3. The van der Waals surface area contributed by atoms with Gasteiger partial charge in [0.25, 0.3) is 5.92 Å². The molecule has 0 amide bonds. The molecule has 4 rings (SSSR count). The molecule has 0 N–H and O–H groups in total. The maximum absolute atomic E-state index is 14.6. The standard InChI is InChI=1S/C13H16BrF5/c1-8(14)13(18,19)9-2-10(15)5-11(16,3-9)7-12(17,4-9)6-10/h8H,2-7H2,1H3/t8-,9?,10?,11?,12?/m1/s1. The van der Waals surface area contributed by atoms with Crippen molar-refractivity contribution in [3.05, 3.63) is 0 Å². The first kappa shape index (κ1) is 14.1. The summed E-state index contributed by atoms with van der Waals surface area (Å²) in [5, 5.41) is 0. The minimum Gasteiger partial charge on any atom is -0.244 e. The van der Waals surface area contributed by atoms with Gasteiger partial charge in [-0.2, -0.15) is 0 Å². The summed E-state index contributed by atoms with van der Waals surface area (Å²) in [5.74, 6) is -3.32. The molecule has 6 heteroatoms. The van der Waals surface area contributed by atoms with Crippen molar-refractivity contribution >= 4 is 15.9 Å². The van der Waals surface area contributed by atoms with Gasteiger partial charge in [-0.3, -0.25) is 0 Å². The first-order chi connectivity index (χ1) is 8.44. The van der Waals surface area contributed by atoms with Gasteiger partial charge in [-0.1, -0.05) is 15.9 Å². The molecule has 0 spiro atoms. The fourth-order valence-electron chi connectivity index (χ4n) is 5.05. The zero-order valence-electron chi connectivity index (χ0n) is 10.6. The Labute approximate surface area is 117 Å². The van der Waals surface area contributed by atoms with Crippen molar-refractivity contribution in [3.63, 3.8) is 0 Å². The Hall–Kier alpha value is 0.130. The maximum Gasteiger partial charge on any atom is 0.265 e. The molecule has 110 valence electrons. The molecule has 4 bridgehead atoms. The molecule has 4 fully saturated rings. The molecule has 19 heavy (non-hydrogen) atoms. The maximum atomic E-state index is 14.6. The molecule has 4 saturated carbocycles. The van der Waals surface area contributed by atoms with Crippen LogP contribution in [0.4, 0.5) is 22.0 Å². The summed E-state index contributed by atoms with van der Waals surface area (Å²) in [5.41, 5.74) is -8.26. The molecule has 0 heterocycles. The average molecular weight is 347 g/mol. The predicted molar refractivity (Wildman–Crippen MR) is 65.0 cm³/mol. The Morgan fingerprint density at radius 2 is 1.16 bits per heavy atom. The van der Waals surface area contributed by atoms with Crippen molar-refractivity contribution in [1.29, 1.82) is 0 Å². The number of hydrogen-bond acceptors (Lipinski definition) is 0. The highest BCUT2D eigenvalue weighted by Gasteiger charge is 2.76. The Balaban J connectivity index is 2.09. The van der Waals surface area contributed by atoms with Crippen molar-refractivity contribution in [1.82, 2.24) is 0 Å². The summed E-state index contributed by atoms with van der Waals surface area (Å²) in [6.07, 6.45) is -2.58. The molecule has 0 saturated heterocycles. The van der Waals surface area contributed by atoms with Gasteiger partial charge in [-0.25, -0.2) is 22.0 Å². The second-order valence-corrected chi connectivity index (χ2v) is 8.41. The van der Waals surface area contributed by atoms with Crippen LogP contribution in [-0.4, -0.2) is 27.8 Å². The van der Waals surface area contributed by atoms with Crippen LogP contribution in [0.5, 0.6) is 0 Å². The molecule has 0 radical (unpaired) electrons. The first-order valence-electron chi connectivity index (χ1n) is 6.52. The molecule has 0 aromatic carbocycles. The molecule has 0 aliphatic heterocycles. The van der Waals surface area contributed by atoms with E-state index in [0.29, 0.717) is 0 Å². The van der Waals surface area contributed by atoms with Gasteiger partial charge in [0.05, 0.1) is 4.83 Å². The summed E-state index contributed by atoms with van der Waals surface area (Å²) in [6, 6.07) is 0. The van der Waals surface area contributed by atoms with Crippen LogP contribution in [0.25, 0.3) is 0 Å². The van der Waals surface area contributed by atoms with E-state index in [1.807, 2.05) is 0 Å². The van der Waals surface area contributed by atoms with Crippen LogP contribution >= 0.6 is 15.9 Å². The summed E-state index contributed by atoms with van der Waals surface area (Å²) < 4.78 is 72.7. The van der Waals surface area contributed by atoms with E-state index in [4.69, 9.17) is 0 Å². The smallest absolute Gasteiger partial charge is 0.244 e. The van der Waals surface area contributed by atoms with Crippen LogP contribution in [0.2, 0.25) is 0 Å². The summed E-state index contributed by atoms with van der Waals surface area (Å²) in [6.45, 7) is 1.25. The SMILES string of the molecule is C[C@@H](Br)C(F)(F)C12CC3(F)CC(F)(CC(F)(C3)C1)C2. The van der Waals surface area contributed by atoms with Crippen molar-refractivity contribution in [2.75, 3.05) is 0 Å². The van der Waals surface area contributed by atoms with E-state index in [2.05, 4.69) is 15.9 Å². The molecule has 1 atom stereocenters. The third-order valence-corrected chi connectivity index (χ3v) is 5.65. The molecule has 0 nitrogen and oxygen atoms in total. The lowest BCUT2D eigenvalue weighted by molar-refractivity contribution is -0.278. The van der Waals surface area contributed by atoms with Gasteiger partial charge in [0, 0.05) is 24.7 Å². The highest BCUT2D eigenvalue weighted by Crippen LogP contribution is 2.72. The fourth-order valence-corrected chi connectivity index (χ4v) is 5.53. The van der Waals surface area contributed by atoms with E-state index in [1.165, 1.54) is 6.92 Å². The minimum atomic E-state index is -3.32. The summed E-state index contributed by atoms with van der Waals surface area (Å²) in [4.78, 5) is -1.23. The van der Waals surface area contributed by atoms with Crippen LogP contribution in [0.15, 0.2) is 0 Å². The van der Waals surface area contributed by atoms with Crippen molar-refractivity contribution in [2.45, 2.75) is 73.2 Å². The lowest BCUT2D eigenvalue weighted by Gasteiger charge is -2.64. The fraction of sp³-hybridized carbons (Fsp3) is 1.00. The molecule has 0 aromatic rings. The van der Waals surface area contributed by atoms with Crippen LogP contribution in [0.3, 0.4) is 0 Å². The van der Waals surface area contributed by atoms with Crippen LogP contribution in [-0.2, 0) is 0 Å². The summed E-state index contributed by atoms with van der Waals surface area (Å²) in [7, 11) is 0. The summed E-state index contributed by atoms with van der Waals surface area (Å²) >= 11 is 2.82. The minimum absolute atomic E-state index is 0.430. The van der Waals surface area contributed by atoms with Gasteiger partial charge in [0.2, 0.25) is 0 Å². The first-order valence-corrected chi connectivity index (χ1v) is 7.44. The van der Waals surface area contributed by atoms with Crippen LogP contribution in [0, 0.1) is 5.41 Å². The van der Waals surface area contributed by atoms with Gasteiger partial charge < -0.3 is 0 Å². The third kappa shape index (κ3) is 1.80. The van der Waals surface area contributed by atoms with Crippen molar-refractivity contribution in [2.24, 2.45) is 5.41 Å². The monoisotopic (exact) mass is 346 g/mol. The Morgan fingerprint density at radius 3 is 1.42 bits per heavy atom. The largest absolute Gasteiger partial charge is 0.265 e. The molecule has 4 aliphatic rings. The van der Waals surface area contributed by atoms with Gasteiger partial charge >= 0.3 is 0 Å². The lowest BCUT2D eigenvalue weighted by atomic mass is 9.44. The number of rotatable bonds is 2. The van der Waals surface area contributed by atoms with Crippen molar-refractivity contribution in [3.8, 4) is 0 Å². The quantitative estimate of drug-likeness (QED) is 0.492. The molecule has 0 aromatic heterocycles. The van der Waals surface area contributed by atoms with E-state index in [9.17, 15) is 22.0 Å². The lowest BCUT2D eigenvalue weighted by Crippen LogP contribution is -2.70. The molecular weight excluding hydrogens is 331 g/mol. The van der Waals surface area contributed by atoms with Gasteiger partial charge in [-0.15, -0.1) is 0 Å². The predicted octanol–water partition coefficient (Wildman–Crippen LogP) is 4.90. The second-order valence-electron chi connectivity index (χ2n) is 7.03. The number of halogens is 6. The van der Waals surface area contributed by atoms with E-state index in [-0.39, 0.29) is 0 Å². The van der Waals surface area contributed by atoms with Gasteiger partial charge in [-0.05, 0) is 26.2 Å². The van der Waals surface area contributed by atoms with Gasteiger partial charge in [0.15, 0.2) is 0 Å². The van der Waals surface area contributed by atoms with Crippen LogP contribution in [0.1, 0.15) is 45.4 Å². The topological polar surface area (TPSA) is 0 Å². The third-order valence-electron chi connectivity index (χ3n) is 5.07. The van der Waals surface area contributed by atoms with E-state index in [1.54, 1.807) is 0 Å². The van der Waals surface area contributed by atoms with Crippen molar-refractivity contribution < 1.29 is 22.0 Å². The average Bonchev–Trinajstić information content (AvgIpc) is 2.08.